The third kappa shape index (κ3) is 1.88. The van der Waals surface area contributed by atoms with Crippen LogP contribution in [-0.2, 0) is 0 Å². The highest BCUT2D eigenvalue weighted by atomic mass is 16.3. The number of imidazole rings is 1. The lowest BCUT2D eigenvalue weighted by atomic mass is 10.2. The van der Waals surface area contributed by atoms with E-state index in [2.05, 4.69) is 18.8 Å². The van der Waals surface area contributed by atoms with Crippen molar-refractivity contribution in [2.75, 3.05) is 0 Å². The predicted octanol–water partition coefficient (Wildman–Crippen LogP) is 2.51. The molecule has 0 aliphatic heterocycles. The van der Waals surface area contributed by atoms with Crippen LogP contribution >= 0.6 is 0 Å². The fraction of sp³-hybridized carbons (Fsp3) is 0.417. The van der Waals surface area contributed by atoms with Gasteiger partial charge in [0.15, 0.2) is 0 Å². The zero-order valence-corrected chi connectivity index (χ0v) is 9.31. The first-order valence-corrected chi connectivity index (χ1v) is 5.24. The molecule has 1 N–H and O–H groups in total. The normalized spacial score (nSPS) is 13.7. The Kier molecular flexibility index (Phi) is 2.49. The summed E-state index contributed by atoms with van der Waals surface area (Å²) in [6, 6.07) is 3.85. The summed E-state index contributed by atoms with van der Waals surface area (Å²) in [5.41, 5.74) is 2.93. The highest BCUT2D eigenvalue weighted by molar-refractivity contribution is 5.42. The van der Waals surface area contributed by atoms with Crippen molar-refractivity contribution < 1.29 is 5.11 Å². The number of aliphatic hydroxyl groups excluding tert-OH is 1. The van der Waals surface area contributed by atoms with E-state index in [9.17, 15) is 5.11 Å². The van der Waals surface area contributed by atoms with Crippen LogP contribution in [0.25, 0.3) is 5.65 Å². The molecule has 2 heterocycles. The molecule has 0 radical (unpaired) electrons. The van der Waals surface area contributed by atoms with Gasteiger partial charge in [0.2, 0.25) is 0 Å². The van der Waals surface area contributed by atoms with Crippen molar-refractivity contribution in [3.63, 3.8) is 0 Å². The van der Waals surface area contributed by atoms with Crippen LogP contribution < -0.4 is 0 Å². The molecule has 3 nitrogen and oxygen atoms in total. The van der Waals surface area contributed by atoms with Gasteiger partial charge in [-0.1, -0.05) is 19.9 Å². The van der Waals surface area contributed by atoms with E-state index in [-0.39, 0.29) is 0 Å². The van der Waals surface area contributed by atoms with Crippen LogP contribution in [0.5, 0.6) is 0 Å². The van der Waals surface area contributed by atoms with Crippen LogP contribution in [-0.4, -0.2) is 14.5 Å². The monoisotopic (exact) mass is 204 g/mol. The molecule has 0 fully saturated rings. The Bertz CT molecular complexity index is 465. The molecule has 0 aliphatic carbocycles. The summed E-state index contributed by atoms with van der Waals surface area (Å²) in [5, 5.41) is 9.47. The smallest absolute Gasteiger partial charge is 0.137 e. The average Bonchev–Trinajstić information content (AvgIpc) is 2.59. The first-order chi connectivity index (χ1) is 7.08. The number of hydrogen-bond acceptors (Lipinski definition) is 2. The summed E-state index contributed by atoms with van der Waals surface area (Å²) in [5.74, 6) is 0.430. The Morgan fingerprint density at radius 2 is 1.93 bits per heavy atom. The Morgan fingerprint density at radius 1 is 1.20 bits per heavy atom. The molecule has 0 spiro atoms. The zero-order valence-electron chi connectivity index (χ0n) is 9.31. The van der Waals surface area contributed by atoms with Crippen LogP contribution in [0.2, 0.25) is 0 Å². The second kappa shape index (κ2) is 3.66. The highest BCUT2D eigenvalue weighted by Gasteiger charge is 2.07. The van der Waals surface area contributed by atoms with Gasteiger partial charge in [0, 0.05) is 12.4 Å². The molecule has 0 aromatic carbocycles. The van der Waals surface area contributed by atoms with Crippen molar-refractivity contribution in [1.82, 2.24) is 9.38 Å². The Labute approximate surface area is 89.4 Å². The van der Waals surface area contributed by atoms with Crippen molar-refractivity contribution in [2.45, 2.75) is 32.8 Å². The largest absolute Gasteiger partial charge is 0.389 e. The molecule has 1 unspecified atom stereocenters. The second-order valence-electron chi connectivity index (χ2n) is 4.22. The van der Waals surface area contributed by atoms with E-state index >= 15 is 0 Å². The number of aliphatic hydroxyl groups is 1. The minimum absolute atomic E-state index is 0.430. The van der Waals surface area contributed by atoms with E-state index < -0.39 is 6.10 Å². The first-order valence-electron chi connectivity index (χ1n) is 5.24. The molecule has 2 rings (SSSR count). The van der Waals surface area contributed by atoms with Gasteiger partial charge in [-0.3, -0.25) is 0 Å². The standard InChI is InChI=1S/C12H16N2O/c1-8(2)11-7-14-6-10(9(3)15)4-5-12(14)13-11/h4-9,15H,1-3H3. The Balaban J connectivity index is 2.52. The molecule has 0 saturated carbocycles. The first kappa shape index (κ1) is 10.2. The number of pyridine rings is 1. The van der Waals surface area contributed by atoms with E-state index in [0.29, 0.717) is 5.92 Å². The van der Waals surface area contributed by atoms with Crippen molar-refractivity contribution >= 4 is 5.65 Å². The molecule has 3 heteroatoms. The summed E-state index contributed by atoms with van der Waals surface area (Å²) in [6.45, 7) is 6.01. The van der Waals surface area contributed by atoms with Gasteiger partial charge in [0.25, 0.3) is 0 Å². The molecular formula is C12H16N2O. The molecule has 15 heavy (non-hydrogen) atoms. The Hall–Kier alpha value is -1.35. The van der Waals surface area contributed by atoms with Gasteiger partial charge in [-0.25, -0.2) is 4.98 Å². The maximum atomic E-state index is 9.47. The van der Waals surface area contributed by atoms with Gasteiger partial charge in [0.1, 0.15) is 5.65 Å². The molecule has 1 atom stereocenters. The number of rotatable bonds is 2. The molecule has 80 valence electrons. The number of nitrogens with zero attached hydrogens (tertiary/aromatic N) is 2. The molecule has 2 aromatic heterocycles. The van der Waals surface area contributed by atoms with Gasteiger partial charge in [0.05, 0.1) is 11.8 Å². The highest BCUT2D eigenvalue weighted by Crippen LogP contribution is 2.17. The predicted molar refractivity (Wildman–Crippen MR) is 59.9 cm³/mol. The van der Waals surface area contributed by atoms with Gasteiger partial charge in [-0.15, -0.1) is 0 Å². The van der Waals surface area contributed by atoms with Crippen LogP contribution in [0, 0.1) is 0 Å². The van der Waals surface area contributed by atoms with Crippen LogP contribution in [0.3, 0.4) is 0 Å². The maximum Gasteiger partial charge on any atom is 0.137 e. The van der Waals surface area contributed by atoms with Gasteiger partial charge in [-0.2, -0.15) is 0 Å². The lowest BCUT2D eigenvalue weighted by molar-refractivity contribution is 0.199. The number of aromatic nitrogens is 2. The van der Waals surface area contributed by atoms with E-state index in [1.165, 1.54) is 0 Å². The minimum Gasteiger partial charge on any atom is -0.389 e. The summed E-state index contributed by atoms with van der Waals surface area (Å²) in [7, 11) is 0. The number of fused-ring (bicyclic) bond motifs is 1. The quantitative estimate of drug-likeness (QED) is 0.816. The third-order valence-electron chi connectivity index (χ3n) is 2.57. The van der Waals surface area contributed by atoms with Gasteiger partial charge in [-0.05, 0) is 24.5 Å². The summed E-state index contributed by atoms with van der Waals surface area (Å²) in [4.78, 5) is 4.49. The van der Waals surface area contributed by atoms with Crippen molar-refractivity contribution in [1.29, 1.82) is 0 Å². The minimum atomic E-state index is -0.431. The van der Waals surface area contributed by atoms with Gasteiger partial charge < -0.3 is 9.51 Å². The fourth-order valence-electron chi connectivity index (χ4n) is 1.55. The fourth-order valence-corrected chi connectivity index (χ4v) is 1.55. The molecule has 0 amide bonds. The van der Waals surface area contributed by atoms with Crippen LogP contribution in [0.1, 0.15) is 44.1 Å². The molecule has 0 bridgehead atoms. The third-order valence-corrected chi connectivity index (χ3v) is 2.57. The lowest BCUT2D eigenvalue weighted by Crippen LogP contribution is -1.93. The van der Waals surface area contributed by atoms with Gasteiger partial charge >= 0.3 is 0 Å². The summed E-state index contributed by atoms with van der Waals surface area (Å²) >= 11 is 0. The lowest BCUT2D eigenvalue weighted by Gasteiger charge is -2.03. The molecule has 0 aliphatic rings. The Morgan fingerprint density at radius 3 is 2.53 bits per heavy atom. The van der Waals surface area contributed by atoms with Crippen molar-refractivity contribution in [2.24, 2.45) is 0 Å². The summed E-state index contributed by atoms with van der Waals surface area (Å²) in [6.07, 6.45) is 3.52. The van der Waals surface area contributed by atoms with E-state index in [0.717, 1.165) is 16.9 Å². The molecule has 0 saturated heterocycles. The number of hydrogen-bond donors (Lipinski definition) is 1. The average molecular weight is 204 g/mol. The molecular weight excluding hydrogens is 188 g/mol. The maximum absolute atomic E-state index is 9.47. The van der Waals surface area contributed by atoms with Crippen LogP contribution in [0.15, 0.2) is 24.5 Å². The van der Waals surface area contributed by atoms with Crippen molar-refractivity contribution in [3.05, 3.63) is 35.8 Å². The van der Waals surface area contributed by atoms with E-state index in [1.54, 1.807) is 6.92 Å². The van der Waals surface area contributed by atoms with Crippen LogP contribution in [0.4, 0.5) is 0 Å². The zero-order chi connectivity index (χ0) is 11.0. The van der Waals surface area contributed by atoms with Crippen molar-refractivity contribution in [3.8, 4) is 0 Å². The van der Waals surface area contributed by atoms with E-state index in [1.807, 2.05) is 28.9 Å². The SMILES string of the molecule is CC(C)c1cn2cc(C(C)O)ccc2n1. The summed E-state index contributed by atoms with van der Waals surface area (Å²) < 4.78 is 1.97. The second-order valence-corrected chi connectivity index (χ2v) is 4.22. The molecule has 2 aromatic rings. The van der Waals surface area contributed by atoms with E-state index in [4.69, 9.17) is 0 Å². The topological polar surface area (TPSA) is 37.5 Å².